The molecule has 0 aliphatic rings. The van der Waals surface area contributed by atoms with Crippen molar-refractivity contribution in [2.24, 2.45) is 0 Å². The van der Waals surface area contributed by atoms with Crippen LogP contribution in [0.1, 0.15) is 265 Å². The third kappa shape index (κ3) is 46.5. The molecular weight excluding hydrogens is 733 g/mol. The van der Waals surface area contributed by atoms with E-state index in [0.717, 1.165) is 77.0 Å². The van der Waals surface area contributed by atoms with E-state index in [4.69, 9.17) is 14.2 Å². The first kappa shape index (κ1) is 56.6. The van der Waals surface area contributed by atoms with Crippen LogP contribution in [0.25, 0.3) is 0 Å². The molecule has 6 heteroatoms. The van der Waals surface area contributed by atoms with Gasteiger partial charge in [-0.15, -0.1) is 0 Å². The molecule has 0 heterocycles. The Labute approximate surface area is 365 Å². The van der Waals surface area contributed by atoms with Crippen molar-refractivity contribution in [3.8, 4) is 0 Å². The van der Waals surface area contributed by atoms with Crippen LogP contribution >= 0.6 is 0 Å². The lowest BCUT2D eigenvalue weighted by molar-refractivity contribution is -0.167. The highest BCUT2D eigenvalue weighted by Crippen LogP contribution is 2.14. The van der Waals surface area contributed by atoms with Gasteiger partial charge in [-0.1, -0.05) is 205 Å². The summed E-state index contributed by atoms with van der Waals surface area (Å²) in [4.78, 5) is 37.8. The fourth-order valence-electron chi connectivity index (χ4n) is 7.23. The molecule has 0 aromatic rings. The van der Waals surface area contributed by atoms with Crippen molar-refractivity contribution in [3.63, 3.8) is 0 Å². The number of esters is 3. The Morgan fingerprint density at radius 3 is 0.983 bits per heavy atom. The highest BCUT2D eigenvalue weighted by Gasteiger charge is 2.19. The second-order valence-electron chi connectivity index (χ2n) is 17.1. The molecular formula is C53H96O6. The van der Waals surface area contributed by atoms with Crippen molar-refractivity contribution in [2.45, 2.75) is 271 Å². The van der Waals surface area contributed by atoms with Crippen LogP contribution in [-0.4, -0.2) is 37.2 Å². The van der Waals surface area contributed by atoms with Crippen molar-refractivity contribution in [1.29, 1.82) is 0 Å². The van der Waals surface area contributed by atoms with Crippen LogP contribution in [0, 0.1) is 0 Å². The molecule has 0 aromatic carbocycles. The highest BCUT2D eigenvalue weighted by molar-refractivity contribution is 5.71. The van der Waals surface area contributed by atoms with Crippen LogP contribution in [0.2, 0.25) is 0 Å². The van der Waals surface area contributed by atoms with E-state index in [1.165, 1.54) is 148 Å². The first-order chi connectivity index (χ1) is 29.0. The maximum Gasteiger partial charge on any atom is 0.306 e. The average Bonchev–Trinajstić information content (AvgIpc) is 3.23. The molecule has 0 fully saturated rings. The molecule has 0 aliphatic carbocycles. The average molecular weight is 829 g/mol. The summed E-state index contributed by atoms with van der Waals surface area (Å²) >= 11 is 0. The Morgan fingerprint density at radius 2 is 0.610 bits per heavy atom. The summed E-state index contributed by atoms with van der Waals surface area (Å²) in [6.45, 7) is 6.59. The number of ether oxygens (including phenoxy) is 3. The van der Waals surface area contributed by atoms with E-state index in [1.807, 2.05) is 0 Å². The van der Waals surface area contributed by atoms with Gasteiger partial charge in [0.25, 0.3) is 0 Å². The van der Waals surface area contributed by atoms with Crippen molar-refractivity contribution in [2.75, 3.05) is 13.2 Å². The number of hydrogen-bond acceptors (Lipinski definition) is 6. The summed E-state index contributed by atoms with van der Waals surface area (Å²) in [5, 5.41) is 0. The number of allylic oxidation sites excluding steroid dienone is 6. The zero-order valence-corrected chi connectivity index (χ0v) is 39.3. The van der Waals surface area contributed by atoms with Gasteiger partial charge in [-0.2, -0.15) is 0 Å². The third-order valence-electron chi connectivity index (χ3n) is 11.1. The molecule has 344 valence electrons. The molecule has 0 saturated heterocycles. The maximum absolute atomic E-state index is 12.8. The van der Waals surface area contributed by atoms with Crippen LogP contribution in [0.15, 0.2) is 36.5 Å². The summed E-state index contributed by atoms with van der Waals surface area (Å²) in [6, 6.07) is 0. The van der Waals surface area contributed by atoms with Gasteiger partial charge in [0.2, 0.25) is 0 Å². The molecule has 0 spiro atoms. The van der Waals surface area contributed by atoms with Crippen LogP contribution in [0.3, 0.4) is 0 Å². The normalized spacial score (nSPS) is 12.3. The third-order valence-corrected chi connectivity index (χ3v) is 11.1. The molecule has 0 aromatic heterocycles. The van der Waals surface area contributed by atoms with Crippen molar-refractivity contribution < 1.29 is 28.6 Å². The van der Waals surface area contributed by atoms with E-state index in [0.29, 0.717) is 19.3 Å². The minimum Gasteiger partial charge on any atom is -0.462 e. The molecule has 0 rings (SSSR count). The quantitative estimate of drug-likeness (QED) is 0.0263. The Kier molecular flexibility index (Phi) is 46.4. The summed E-state index contributed by atoms with van der Waals surface area (Å²) in [7, 11) is 0. The molecule has 0 amide bonds. The Hall–Kier alpha value is -2.37. The summed E-state index contributed by atoms with van der Waals surface area (Å²) in [5.74, 6) is -0.887. The van der Waals surface area contributed by atoms with Crippen molar-refractivity contribution >= 4 is 17.9 Å². The maximum atomic E-state index is 12.8. The number of carbonyl (C=O) groups is 3. The second kappa shape index (κ2) is 48.3. The molecule has 0 bridgehead atoms. The minimum absolute atomic E-state index is 0.0758. The van der Waals surface area contributed by atoms with E-state index in [2.05, 4.69) is 57.2 Å². The Balaban J connectivity index is 4.33. The molecule has 0 radical (unpaired) electrons. The lowest BCUT2D eigenvalue weighted by Crippen LogP contribution is -2.30. The van der Waals surface area contributed by atoms with Gasteiger partial charge in [-0.25, -0.2) is 0 Å². The summed E-state index contributed by atoms with van der Waals surface area (Å²) in [6.07, 6.45) is 55.5. The number of rotatable bonds is 46. The van der Waals surface area contributed by atoms with E-state index >= 15 is 0 Å². The second-order valence-corrected chi connectivity index (χ2v) is 17.1. The molecule has 6 nitrogen and oxygen atoms in total. The smallest absolute Gasteiger partial charge is 0.306 e. The highest BCUT2D eigenvalue weighted by atomic mass is 16.6. The Bertz CT molecular complexity index is 1000. The van der Waals surface area contributed by atoms with Gasteiger partial charge < -0.3 is 14.2 Å². The van der Waals surface area contributed by atoms with E-state index in [9.17, 15) is 14.4 Å². The zero-order chi connectivity index (χ0) is 43.0. The van der Waals surface area contributed by atoms with E-state index < -0.39 is 6.10 Å². The van der Waals surface area contributed by atoms with Gasteiger partial charge in [-0.3, -0.25) is 14.4 Å². The van der Waals surface area contributed by atoms with Gasteiger partial charge in [0.05, 0.1) is 0 Å². The van der Waals surface area contributed by atoms with Crippen LogP contribution in [0.5, 0.6) is 0 Å². The van der Waals surface area contributed by atoms with Crippen LogP contribution < -0.4 is 0 Å². The first-order valence-corrected chi connectivity index (χ1v) is 25.5. The van der Waals surface area contributed by atoms with Crippen LogP contribution in [0.4, 0.5) is 0 Å². The van der Waals surface area contributed by atoms with Gasteiger partial charge in [0.15, 0.2) is 6.10 Å². The summed E-state index contributed by atoms with van der Waals surface area (Å²) in [5.41, 5.74) is 0. The van der Waals surface area contributed by atoms with Gasteiger partial charge in [-0.05, 0) is 77.0 Å². The number of unbranched alkanes of at least 4 members (excludes halogenated alkanes) is 29. The van der Waals surface area contributed by atoms with E-state index in [-0.39, 0.29) is 31.1 Å². The molecule has 0 aliphatic heterocycles. The molecule has 1 atom stereocenters. The van der Waals surface area contributed by atoms with Crippen molar-refractivity contribution in [1.82, 2.24) is 0 Å². The lowest BCUT2D eigenvalue weighted by atomic mass is 10.1. The van der Waals surface area contributed by atoms with Gasteiger partial charge in [0.1, 0.15) is 13.2 Å². The largest absolute Gasteiger partial charge is 0.462 e. The molecule has 59 heavy (non-hydrogen) atoms. The Morgan fingerprint density at radius 1 is 0.339 bits per heavy atom. The molecule has 0 saturated carbocycles. The predicted molar refractivity (Wildman–Crippen MR) is 252 cm³/mol. The van der Waals surface area contributed by atoms with Gasteiger partial charge >= 0.3 is 17.9 Å². The van der Waals surface area contributed by atoms with Crippen molar-refractivity contribution in [3.05, 3.63) is 36.5 Å². The fraction of sp³-hybridized carbons (Fsp3) is 0.830. The topological polar surface area (TPSA) is 78.9 Å². The lowest BCUT2D eigenvalue weighted by Gasteiger charge is -2.18. The summed E-state index contributed by atoms with van der Waals surface area (Å²) < 4.78 is 16.7. The van der Waals surface area contributed by atoms with Gasteiger partial charge in [0, 0.05) is 19.3 Å². The molecule has 0 N–H and O–H groups in total. The minimum atomic E-state index is -0.775. The van der Waals surface area contributed by atoms with Crippen LogP contribution in [-0.2, 0) is 28.6 Å². The standard InChI is InChI=1S/C53H96O6/c1-4-7-10-13-16-19-21-23-25-26-28-29-31-34-37-40-43-46-52(55)58-49-50(48-57-51(54)45-42-39-36-33-18-15-12-9-6-3)59-53(56)47-44-41-38-35-32-30-27-24-22-20-17-14-11-8-5-2/h16,19,23-25,27,50H,4-15,17-18,20-22,26,28-49H2,1-3H3/b19-16-,25-23-,27-24-/t50-/m1/s1. The molecule has 0 unspecified atom stereocenters. The predicted octanol–water partition coefficient (Wildman–Crippen LogP) is 16.5. The monoisotopic (exact) mass is 829 g/mol. The van der Waals surface area contributed by atoms with E-state index in [1.54, 1.807) is 0 Å². The zero-order valence-electron chi connectivity index (χ0n) is 39.3. The number of hydrogen-bond donors (Lipinski definition) is 0. The SMILES string of the molecule is CCCCC/C=C\C/C=C\CCCCCCCCCC(=O)OC[C@@H](COC(=O)CCCCCCCCCCC)OC(=O)CCCCCCC/C=C\CCCCCCCC. The first-order valence-electron chi connectivity index (χ1n) is 25.5. The number of carbonyl (C=O) groups excluding carboxylic acids is 3. The fourth-order valence-corrected chi connectivity index (χ4v) is 7.23.